The maximum Gasteiger partial charge on any atom is 0.301 e. The Hall–Kier alpha value is -3.74. The third kappa shape index (κ3) is 3.28. The quantitative estimate of drug-likeness (QED) is 0.397. The van der Waals surface area contributed by atoms with Gasteiger partial charge in [-0.2, -0.15) is 0 Å². The average Bonchev–Trinajstić information content (AvgIpc) is 3.29. The summed E-state index contributed by atoms with van der Waals surface area (Å²) in [6, 6.07) is 13.2. The van der Waals surface area contributed by atoms with E-state index in [1.165, 1.54) is 29.2 Å². The van der Waals surface area contributed by atoms with Gasteiger partial charge in [0.2, 0.25) is 0 Å². The number of aliphatic hydroxyl groups excluding tert-OH is 1. The van der Waals surface area contributed by atoms with Crippen LogP contribution in [0.15, 0.2) is 64.7 Å². The fourth-order valence-electron chi connectivity index (χ4n) is 3.55. The number of hydrogen-bond donors (Lipinski definition) is 1. The van der Waals surface area contributed by atoms with Crippen LogP contribution in [0.3, 0.4) is 0 Å². The number of rotatable bonds is 4. The van der Waals surface area contributed by atoms with Crippen molar-refractivity contribution in [2.45, 2.75) is 26.3 Å². The Kier molecular flexibility index (Phi) is 4.95. The summed E-state index contributed by atoms with van der Waals surface area (Å²) in [6.07, 6.45) is 0.832. The van der Waals surface area contributed by atoms with E-state index in [2.05, 4.69) is 5.16 Å². The van der Waals surface area contributed by atoms with Gasteiger partial charge >= 0.3 is 5.91 Å². The Morgan fingerprint density at radius 2 is 1.80 bits per heavy atom. The molecule has 30 heavy (non-hydrogen) atoms. The molecule has 1 saturated heterocycles. The minimum Gasteiger partial charge on any atom is -0.507 e. The lowest BCUT2D eigenvalue weighted by molar-refractivity contribution is -0.132. The fraction of sp³-hybridized carbons (Fsp3) is 0.174. The first kappa shape index (κ1) is 19.6. The molecule has 1 atom stereocenters. The number of Topliss-reactive ketones (excluding diaryl/α,β-unsaturated/α-hetero) is 1. The van der Waals surface area contributed by atoms with Gasteiger partial charge in [0.1, 0.15) is 17.3 Å². The van der Waals surface area contributed by atoms with Crippen LogP contribution in [0.1, 0.15) is 35.4 Å². The molecule has 4 rings (SSSR count). The molecule has 152 valence electrons. The van der Waals surface area contributed by atoms with Crippen LogP contribution in [0, 0.1) is 12.7 Å². The SMILES string of the molecule is CCc1ccc(C2/C(=C(\O)c3ccc(F)cc3)C(=O)C(=O)N2c2cc(C)on2)cc1. The first-order valence-corrected chi connectivity index (χ1v) is 9.49. The third-order valence-corrected chi connectivity index (χ3v) is 5.13. The van der Waals surface area contributed by atoms with Crippen LogP contribution in [-0.4, -0.2) is 22.0 Å². The molecule has 7 heteroatoms. The van der Waals surface area contributed by atoms with E-state index >= 15 is 0 Å². The van der Waals surface area contributed by atoms with E-state index < -0.39 is 23.5 Å². The van der Waals surface area contributed by atoms with E-state index in [0.29, 0.717) is 11.3 Å². The minimum atomic E-state index is -0.898. The van der Waals surface area contributed by atoms with Crippen molar-refractivity contribution in [3.05, 3.63) is 88.4 Å². The van der Waals surface area contributed by atoms with E-state index in [-0.39, 0.29) is 22.7 Å². The van der Waals surface area contributed by atoms with Crippen LogP contribution in [0.25, 0.3) is 5.76 Å². The number of aromatic nitrogens is 1. The summed E-state index contributed by atoms with van der Waals surface area (Å²) >= 11 is 0. The largest absolute Gasteiger partial charge is 0.507 e. The summed E-state index contributed by atoms with van der Waals surface area (Å²) < 4.78 is 18.4. The molecule has 0 saturated carbocycles. The number of anilines is 1. The van der Waals surface area contributed by atoms with E-state index in [4.69, 9.17) is 4.52 Å². The monoisotopic (exact) mass is 406 g/mol. The zero-order valence-electron chi connectivity index (χ0n) is 16.4. The Morgan fingerprint density at radius 1 is 1.13 bits per heavy atom. The van der Waals surface area contributed by atoms with E-state index in [1.54, 1.807) is 13.0 Å². The molecule has 1 aliphatic rings. The number of amides is 1. The summed E-state index contributed by atoms with van der Waals surface area (Å²) in [5.41, 5.74) is 1.87. The molecule has 0 aliphatic carbocycles. The van der Waals surface area contributed by atoms with Gasteiger partial charge < -0.3 is 9.63 Å². The molecular formula is C23H19FN2O4. The van der Waals surface area contributed by atoms with Crippen molar-refractivity contribution in [2.24, 2.45) is 0 Å². The van der Waals surface area contributed by atoms with Crippen LogP contribution in [0.4, 0.5) is 10.2 Å². The molecule has 1 aromatic heterocycles. The number of nitrogens with zero attached hydrogens (tertiary/aromatic N) is 2. The predicted octanol–water partition coefficient (Wildman–Crippen LogP) is 4.31. The lowest BCUT2D eigenvalue weighted by Crippen LogP contribution is -2.29. The third-order valence-electron chi connectivity index (χ3n) is 5.13. The van der Waals surface area contributed by atoms with Gasteiger partial charge in [0.15, 0.2) is 5.82 Å². The highest BCUT2D eigenvalue weighted by molar-refractivity contribution is 6.51. The molecule has 2 aromatic carbocycles. The molecular weight excluding hydrogens is 387 g/mol. The van der Waals surface area contributed by atoms with Gasteiger partial charge in [-0.15, -0.1) is 0 Å². The number of hydrogen-bond acceptors (Lipinski definition) is 5. The Morgan fingerprint density at radius 3 is 2.37 bits per heavy atom. The molecule has 0 bridgehead atoms. The van der Waals surface area contributed by atoms with Gasteiger partial charge in [-0.25, -0.2) is 4.39 Å². The van der Waals surface area contributed by atoms with Crippen molar-refractivity contribution >= 4 is 23.3 Å². The number of benzene rings is 2. The molecule has 1 amide bonds. The summed E-state index contributed by atoms with van der Waals surface area (Å²) in [5, 5.41) is 14.8. The van der Waals surface area contributed by atoms with Crippen LogP contribution < -0.4 is 4.90 Å². The van der Waals surface area contributed by atoms with Gasteiger partial charge in [-0.3, -0.25) is 14.5 Å². The molecule has 1 fully saturated rings. The lowest BCUT2D eigenvalue weighted by atomic mass is 9.94. The zero-order valence-corrected chi connectivity index (χ0v) is 16.4. The number of aryl methyl sites for hydroxylation is 2. The summed E-state index contributed by atoms with van der Waals surface area (Å²) in [5.74, 6) is -1.86. The molecule has 2 heterocycles. The second-order valence-electron chi connectivity index (χ2n) is 7.07. The molecule has 3 aromatic rings. The predicted molar refractivity (Wildman–Crippen MR) is 108 cm³/mol. The van der Waals surface area contributed by atoms with Crippen LogP contribution >= 0.6 is 0 Å². The van der Waals surface area contributed by atoms with Gasteiger partial charge in [0, 0.05) is 11.6 Å². The summed E-state index contributed by atoms with van der Waals surface area (Å²) in [7, 11) is 0. The van der Waals surface area contributed by atoms with Crippen molar-refractivity contribution in [2.75, 3.05) is 4.90 Å². The highest BCUT2D eigenvalue weighted by atomic mass is 19.1. The highest BCUT2D eigenvalue weighted by Crippen LogP contribution is 2.41. The van der Waals surface area contributed by atoms with Crippen LogP contribution in [-0.2, 0) is 16.0 Å². The second-order valence-corrected chi connectivity index (χ2v) is 7.07. The number of carbonyl (C=O) groups is 2. The molecule has 0 radical (unpaired) electrons. The van der Waals surface area contributed by atoms with Crippen molar-refractivity contribution in [1.82, 2.24) is 5.16 Å². The van der Waals surface area contributed by atoms with Crippen LogP contribution in [0.2, 0.25) is 0 Å². The maximum absolute atomic E-state index is 13.3. The molecule has 1 unspecified atom stereocenters. The molecule has 1 N–H and O–H groups in total. The maximum atomic E-state index is 13.3. The normalized spacial score (nSPS) is 18.2. The van der Waals surface area contributed by atoms with Crippen molar-refractivity contribution in [1.29, 1.82) is 0 Å². The standard InChI is InChI=1S/C23H19FN2O4/c1-3-14-4-6-15(7-5-14)20-19(21(27)16-8-10-17(24)11-9-16)22(28)23(29)26(20)18-12-13(2)30-25-18/h4-12,20,27H,3H2,1-2H3/b21-19+. The molecule has 1 aliphatic heterocycles. The minimum absolute atomic E-state index is 0.0866. The second kappa shape index (κ2) is 7.59. The summed E-state index contributed by atoms with van der Waals surface area (Å²) in [6.45, 7) is 3.70. The lowest BCUT2D eigenvalue weighted by Gasteiger charge is -2.23. The Balaban J connectivity index is 1.92. The van der Waals surface area contributed by atoms with E-state index in [1.807, 2.05) is 31.2 Å². The zero-order chi connectivity index (χ0) is 21.4. The van der Waals surface area contributed by atoms with Gasteiger partial charge in [0.05, 0.1) is 11.6 Å². The highest BCUT2D eigenvalue weighted by Gasteiger charge is 2.48. The number of carbonyl (C=O) groups excluding carboxylic acids is 2. The van der Waals surface area contributed by atoms with Crippen molar-refractivity contribution < 1.29 is 23.6 Å². The van der Waals surface area contributed by atoms with Gasteiger partial charge in [-0.05, 0) is 48.7 Å². The Bertz CT molecular complexity index is 1150. The van der Waals surface area contributed by atoms with Crippen molar-refractivity contribution in [3.8, 4) is 0 Å². The van der Waals surface area contributed by atoms with Crippen molar-refractivity contribution in [3.63, 3.8) is 0 Å². The van der Waals surface area contributed by atoms with Gasteiger partial charge in [-0.1, -0.05) is 36.3 Å². The first-order chi connectivity index (χ1) is 14.4. The number of aliphatic hydroxyl groups is 1. The van der Waals surface area contributed by atoms with Crippen LogP contribution in [0.5, 0.6) is 0 Å². The average molecular weight is 406 g/mol. The topological polar surface area (TPSA) is 83.6 Å². The number of halogens is 1. The number of ketones is 1. The molecule has 6 nitrogen and oxygen atoms in total. The first-order valence-electron chi connectivity index (χ1n) is 9.49. The molecule has 0 spiro atoms. The van der Waals surface area contributed by atoms with E-state index in [9.17, 15) is 19.1 Å². The fourth-order valence-corrected chi connectivity index (χ4v) is 3.55. The summed E-state index contributed by atoms with van der Waals surface area (Å²) in [4.78, 5) is 27.1. The van der Waals surface area contributed by atoms with Gasteiger partial charge in [0.25, 0.3) is 5.78 Å². The van der Waals surface area contributed by atoms with E-state index in [0.717, 1.165) is 12.0 Å². The smallest absolute Gasteiger partial charge is 0.301 e. The Labute approximate surface area is 172 Å².